The largest absolute Gasteiger partial charge is 0.478 e. The summed E-state index contributed by atoms with van der Waals surface area (Å²) in [5.74, 6) is 0.250. The average molecular weight is 298 g/mol. The molecule has 1 aromatic carbocycles. The second-order valence-corrected chi connectivity index (χ2v) is 4.66. The number of carboxylic acids is 1. The molecule has 0 bridgehead atoms. The molecule has 5 heteroatoms. The molecule has 0 aromatic heterocycles. The molecule has 1 aliphatic carbocycles. The average Bonchev–Trinajstić information content (AvgIpc) is 2.53. The number of ether oxygens (including phenoxy) is 1. The topological polar surface area (TPSA) is 84.6 Å². The quantitative estimate of drug-likeness (QED) is 0.726. The van der Waals surface area contributed by atoms with Crippen molar-refractivity contribution < 1.29 is 14.6 Å². The van der Waals surface area contributed by atoms with Gasteiger partial charge in [0.1, 0.15) is 11.5 Å². The zero-order chi connectivity index (χ0) is 15.9. The van der Waals surface area contributed by atoms with Crippen LogP contribution in [-0.4, -0.2) is 18.1 Å². The number of benzene rings is 1. The van der Waals surface area contributed by atoms with Gasteiger partial charge in [0.05, 0.1) is 11.3 Å². The summed E-state index contributed by atoms with van der Waals surface area (Å²) in [6.07, 6.45) is 7.41. The van der Waals surface area contributed by atoms with Crippen LogP contribution in [0.4, 0.5) is 0 Å². The summed E-state index contributed by atoms with van der Waals surface area (Å²) in [6, 6.07) is 9.36. The molecular formula is C17H18N2O3. The van der Waals surface area contributed by atoms with Crippen molar-refractivity contribution in [3.63, 3.8) is 0 Å². The summed E-state index contributed by atoms with van der Waals surface area (Å²) in [4.78, 5) is 11.3. The Kier molecular flexibility index (Phi) is 5.03. The van der Waals surface area contributed by atoms with Crippen LogP contribution in [-0.2, 0) is 4.79 Å². The van der Waals surface area contributed by atoms with Crippen LogP contribution in [0.25, 0.3) is 0 Å². The highest BCUT2D eigenvalue weighted by atomic mass is 16.5. The molecule has 0 aliphatic heterocycles. The standard InChI is InChI=1S/C17H18N2O3/c1-19-11-15(17(20)21)16(18)12-6-5-9-14(10-12)22-13-7-3-2-4-8-13/h2-5,7-11,19H,6,18H2,1H3,(H,20,21)/b15-11+,16-12-. The maximum atomic E-state index is 11.3. The molecule has 0 saturated heterocycles. The molecule has 5 nitrogen and oxygen atoms in total. The predicted molar refractivity (Wildman–Crippen MR) is 84.9 cm³/mol. The number of hydrogen-bond donors (Lipinski definition) is 3. The van der Waals surface area contributed by atoms with Gasteiger partial charge in [-0.3, -0.25) is 0 Å². The first-order valence-electron chi connectivity index (χ1n) is 6.82. The number of hydrogen-bond acceptors (Lipinski definition) is 4. The zero-order valence-corrected chi connectivity index (χ0v) is 12.2. The molecule has 0 heterocycles. The highest BCUT2D eigenvalue weighted by molar-refractivity contribution is 5.91. The lowest BCUT2D eigenvalue weighted by molar-refractivity contribution is -0.132. The number of nitrogens with one attached hydrogen (secondary N) is 1. The molecule has 0 atom stereocenters. The van der Waals surface area contributed by atoms with E-state index in [1.54, 1.807) is 13.1 Å². The Labute approximate surface area is 129 Å². The Hall–Kier alpha value is -2.95. The second-order valence-electron chi connectivity index (χ2n) is 4.66. The third-order valence-electron chi connectivity index (χ3n) is 3.07. The number of para-hydroxylation sites is 1. The van der Waals surface area contributed by atoms with Gasteiger partial charge in [-0.1, -0.05) is 24.3 Å². The molecule has 2 rings (SSSR count). The number of rotatable bonds is 5. The van der Waals surface area contributed by atoms with Gasteiger partial charge in [-0.05, 0) is 36.3 Å². The normalized spacial score (nSPS) is 16.8. The highest BCUT2D eigenvalue weighted by Gasteiger charge is 2.15. The van der Waals surface area contributed by atoms with Crippen molar-refractivity contribution in [2.45, 2.75) is 6.42 Å². The van der Waals surface area contributed by atoms with Crippen molar-refractivity contribution in [3.05, 3.63) is 77.4 Å². The van der Waals surface area contributed by atoms with Crippen molar-refractivity contribution in [2.24, 2.45) is 5.73 Å². The van der Waals surface area contributed by atoms with E-state index in [9.17, 15) is 9.90 Å². The van der Waals surface area contributed by atoms with Gasteiger partial charge in [0.2, 0.25) is 0 Å². The number of carboxylic acid groups (broad SMARTS) is 1. The van der Waals surface area contributed by atoms with Gasteiger partial charge < -0.3 is 20.9 Å². The van der Waals surface area contributed by atoms with E-state index in [1.165, 1.54) is 6.20 Å². The number of nitrogens with two attached hydrogens (primary N) is 1. The van der Waals surface area contributed by atoms with Crippen LogP contribution >= 0.6 is 0 Å². The minimum absolute atomic E-state index is 0.0307. The number of carbonyl (C=O) groups is 1. The van der Waals surface area contributed by atoms with Crippen LogP contribution in [0.3, 0.4) is 0 Å². The van der Waals surface area contributed by atoms with Crippen molar-refractivity contribution in [1.82, 2.24) is 5.32 Å². The third-order valence-corrected chi connectivity index (χ3v) is 3.07. The zero-order valence-electron chi connectivity index (χ0n) is 12.2. The third kappa shape index (κ3) is 3.79. The van der Waals surface area contributed by atoms with Crippen molar-refractivity contribution >= 4 is 5.97 Å². The van der Waals surface area contributed by atoms with Gasteiger partial charge in [-0.2, -0.15) is 0 Å². The van der Waals surface area contributed by atoms with E-state index in [2.05, 4.69) is 5.32 Å². The monoisotopic (exact) mass is 298 g/mol. The summed E-state index contributed by atoms with van der Waals surface area (Å²) >= 11 is 0. The molecule has 114 valence electrons. The maximum Gasteiger partial charge on any atom is 0.339 e. The summed E-state index contributed by atoms with van der Waals surface area (Å²) in [5, 5.41) is 11.9. The van der Waals surface area contributed by atoms with Crippen LogP contribution in [0, 0.1) is 0 Å². The number of aliphatic carboxylic acids is 1. The summed E-state index contributed by atoms with van der Waals surface area (Å²) in [5.41, 5.74) is 6.95. The summed E-state index contributed by atoms with van der Waals surface area (Å²) < 4.78 is 5.74. The van der Waals surface area contributed by atoms with Gasteiger partial charge in [-0.25, -0.2) is 4.79 Å². The lowest BCUT2D eigenvalue weighted by Gasteiger charge is -2.14. The minimum Gasteiger partial charge on any atom is -0.478 e. The molecule has 0 fully saturated rings. The number of allylic oxidation sites excluding steroid dienone is 4. The molecule has 0 spiro atoms. The van der Waals surface area contributed by atoms with Gasteiger partial charge in [0, 0.05) is 13.2 Å². The predicted octanol–water partition coefficient (Wildman–Crippen LogP) is 2.31. The van der Waals surface area contributed by atoms with E-state index < -0.39 is 5.97 Å². The van der Waals surface area contributed by atoms with Crippen LogP contribution in [0.15, 0.2) is 77.4 Å². The van der Waals surface area contributed by atoms with E-state index in [-0.39, 0.29) is 11.3 Å². The van der Waals surface area contributed by atoms with Crippen LogP contribution in [0.5, 0.6) is 5.75 Å². The molecule has 0 unspecified atom stereocenters. The smallest absolute Gasteiger partial charge is 0.339 e. The molecule has 0 amide bonds. The van der Waals surface area contributed by atoms with Crippen molar-refractivity contribution in [1.29, 1.82) is 0 Å². The second kappa shape index (κ2) is 7.17. The Bertz CT molecular complexity index is 670. The van der Waals surface area contributed by atoms with E-state index in [4.69, 9.17) is 10.5 Å². The Morgan fingerprint density at radius 3 is 2.73 bits per heavy atom. The Morgan fingerprint density at radius 2 is 2.09 bits per heavy atom. The van der Waals surface area contributed by atoms with E-state index in [0.29, 0.717) is 23.5 Å². The minimum atomic E-state index is -1.08. The molecular weight excluding hydrogens is 280 g/mol. The molecule has 0 saturated carbocycles. The van der Waals surface area contributed by atoms with Gasteiger partial charge in [0.25, 0.3) is 0 Å². The van der Waals surface area contributed by atoms with Gasteiger partial charge >= 0.3 is 5.97 Å². The fraction of sp³-hybridized carbons (Fsp3) is 0.118. The highest BCUT2D eigenvalue weighted by Crippen LogP contribution is 2.23. The van der Waals surface area contributed by atoms with E-state index >= 15 is 0 Å². The van der Waals surface area contributed by atoms with E-state index in [1.807, 2.05) is 42.5 Å². The first-order valence-corrected chi connectivity index (χ1v) is 6.82. The molecule has 4 N–H and O–H groups in total. The summed E-state index contributed by atoms with van der Waals surface area (Å²) in [7, 11) is 1.63. The van der Waals surface area contributed by atoms with Gasteiger partial charge in [-0.15, -0.1) is 0 Å². The van der Waals surface area contributed by atoms with Crippen molar-refractivity contribution in [3.8, 4) is 5.75 Å². The summed E-state index contributed by atoms with van der Waals surface area (Å²) in [6.45, 7) is 0. The maximum absolute atomic E-state index is 11.3. The molecule has 1 aromatic rings. The first kappa shape index (κ1) is 15.4. The molecule has 1 aliphatic rings. The first-order chi connectivity index (χ1) is 10.6. The van der Waals surface area contributed by atoms with Crippen LogP contribution in [0.2, 0.25) is 0 Å². The fourth-order valence-electron chi connectivity index (χ4n) is 2.03. The van der Waals surface area contributed by atoms with Crippen molar-refractivity contribution in [2.75, 3.05) is 7.05 Å². The van der Waals surface area contributed by atoms with Crippen LogP contribution < -0.4 is 15.8 Å². The van der Waals surface area contributed by atoms with Gasteiger partial charge in [0.15, 0.2) is 0 Å². The SMILES string of the molecule is CN/C=C(C(=O)O)\C(N)=C1\C=C(Oc2ccccc2)C=CC1. The molecule has 22 heavy (non-hydrogen) atoms. The van der Waals surface area contributed by atoms with Crippen LogP contribution in [0.1, 0.15) is 6.42 Å². The lowest BCUT2D eigenvalue weighted by Crippen LogP contribution is -2.16. The Balaban J connectivity index is 2.29. The Morgan fingerprint density at radius 1 is 1.36 bits per heavy atom. The lowest BCUT2D eigenvalue weighted by atomic mass is 10.0. The van der Waals surface area contributed by atoms with E-state index in [0.717, 1.165) is 0 Å². The fourth-order valence-corrected chi connectivity index (χ4v) is 2.03. The molecule has 0 radical (unpaired) electrons.